The number of rotatable bonds is 19. The Kier molecular flexibility index (Phi) is 15.9. The minimum Gasteiger partial charge on any atom is -0.390 e. The molecule has 0 fully saturated rings. The summed E-state index contributed by atoms with van der Waals surface area (Å²) in [5, 5.41) is 19.7. The quantitative estimate of drug-likeness (QED) is 0.178. The summed E-state index contributed by atoms with van der Waals surface area (Å²) in [6.45, 7) is 10.7. The minimum absolute atomic E-state index is 0.0607. The van der Waals surface area contributed by atoms with E-state index in [0.717, 1.165) is 31.2 Å². The van der Waals surface area contributed by atoms with Crippen LogP contribution in [-0.4, -0.2) is 92.5 Å². The first-order valence-corrected chi connectivity index (χ1v) is 18.1. The van der Waals surface area contributed by atoms with Crippen LogP contribution in [0.5, 0.6) is 0 Å². The monoisotopic (exact) mass is 680 g/mol. The van der Waals surface area contributed by atoms with E-state index < -0.39 is 51.5 Å². The van der Waals surface area contributed by atoms with Crippen molar-refractivity contribution in [3.8, 4) is 0 Å². The molecule has 0 heterocycles. The Morgan fingerprint density at radius 3 is 2.06 bits per heavy atom. The average Bonchev–Trinajstić information content (AvgIpc) is 2.97. The number of carbonyl (C=O) groups excluding carboxylic acids is 3. The van der Waals surface area contributed by atoms with Crippen molar-refractivity contribution in [1.29, 1.82) is 0 Å². The van der Waals surface area contributed by atoms with Crippen molar-refractivity contribution in [3.63, 3.8) is 0 Å². The van der Waals surface area contributed by atoms with Crippen molar-refractivity contribution < 1.29 is 36.7 Å². The number of nitrogens with one attached hydrogen (secondary N) is 3. The van der Waals surface area contributed by atoms with Gasteiger partial charge in [-0.3, -0.25) is 14.4 Å². The van der Waals surface area contributed by atoms with Crippen LogP contribution in [0.3, 0.4) is 0 Å². The maximum absolute atomic E-state index is 14.1. The van der Waals surface area contributed by atoms with E-state index in [0.29, 0.717) is 36.8 Å². The van der Waals surface area contributed by atoms with Crippen molar-refractivity contribution in [2.75, 3.05) is 38.2 Å². The second-order valence-electron chi connectivity index (χ2n) is 12.5. The van der Waals surface area contributed by atoms with Crippen LogP contribution in [0.1, 0.15) is 78.8 Å². The molecule has 0 aliphatic heterocycles. The predicted octanol–water partition coefficient (Wildman–Crippen LogP) is 3.40. The third kappa shape index (κ3) is 14.1. The van der Waals surface area contributed by atoms with Crippen LogP contribution < -0.4 is 16.0 Å². The summed E-state index contributed by atoms with van der Waals surface area (Å²) in [6.07, 6.45) is 0.995. The van der Waals surface area contributed by atoms with Crippen molar-refractivity contribution in [1.82, 2.24) is 20.9 Å². The molecular formula is C34H50F2N4O6S. The Balaban J connectivity index is 2.36. The first kappa shape index (κ1) is 39.8. The number of benzene rings is 2. The van der Waals surface area contributed by atoms with E-state index in [2.05, 4.69) is 16.0 Å². The topological polar surface area (TPSA) is 145 Å². The molecule has 3 amide bonds. The fourth-order valence-corrected chi connectivity index (χ4v) is 5.75. The van der Waals surface area contributed by atoms with E-state index in [4.69, 9.17) is 0 Å². The van der Waals surface area contributed by atoms with Gasteiger partial charge in [0.1, 0.15) is 21.5 Å². The number of aliphatic hydroxyl groups is 1. The highest BCUT2D eigenvalue weighted by Gasteiger charge is 2.27. The maximum atomic E-state index is 14.1. The molecule has 4 N–H and O–H groups in total. The standard InChI is InChI=1S/C34H50F2N4O6S/c1-7-10-40(11-8-2)34(44)26-14-23(5)13-25(18-26)32(42)39-30(17-24-15-27(35)19-28(36)16-24)31(41)21-37-29(9-12-47(6,45)46)33(43)38-20-22(3)4/h13-16,18-19,22,29-31,37,41H,7-12,17,20-21H2,1-6H3,(H,38,43)(H,39,42)/t29-,30-,31+/m0/s1. The lowest BCUT2D eigenvalue weighted by atomic mass is 9.99. The van der Waals surface area contributed by atoms with E-state index >= 15 is 0 Å². The number of sulfone groups is 1. The molecule has 0 aromatic heterocycles. The summed E-state index contributed by atoms with van der Waals surface area (Å²) in [4.78, 5) is 41.5. The first-order chi connectivity index (χ1) is 22.0. The third-order valence-electron chi connectivity index (χ3n) is 7.37. The zero-order valence-corrected chi connectivity index (χ0v) is 29.1. The molecule has 10 nitrogen and oxygen atoms in total. The maximum Gasteiger partial charge on any atom is 0.253 e. The van der Waals surface area contributed by atoms with Gasteiger partial charge in [-0.25, -0.2) is 17.2 Å². The number of nitrogens with zero attached hydrogens (tertiary/aromatic N) is 1. The van der Waals surface area contributed by atoms with Gasteiger partial charge >= 0.3 is 0 Å². The molecule has 0 spiro atoms. The third-order valence-corrected chi connectivity index (χ3v) is 8.35. The molecule has 262 valence electrons. The highest BCUT2D eigenvalue weighted by molar-refractivity contribution is 7.90. The number of halogens is 2. The van der Waals surface area contributed by atoms with E-state index in [-0.39, 0.29) is 48.1 Å². The summed E-state index contributed by atoms with van der Waals surface area (Å²) < 4.78 is 51.8. The van der Waals surface area contributed by atoms with Crippen LogP contribution in [0.25, 0.3) is 0 Å². The zero-order chi connectivity index (χ0) is 35.3. The Bertz CT molecular complexity index is 1440. The fourth-order valence-electron chi connectivity index (χ4n) is 5.08. The van der Waals surface area contributed by atoms with Crippen molar-refractivity contribution in [3.05, 3.63) is 70.3 Å². The van der Waals surface area contributed by atoms with Crippen LogP contribution in [0.4, 0.5) is 8.78 Å². The largest absolute Gasteiger partial charge is 0.390 e. The normalized spacial score (nSPS) is 13.6. The van der Waals surface area contributed by atoms with Crippen LogP contribution in [0, 0.1) is 24.5 Å². The van der Waals surface area contributed by atoms with Gasteiger partial charge in [-0.05, 0) is 80.0 Å². The van der Waals surface area contributed by atoms with Crippen LogP contribution in [0.15, 0.2) is 36.4 Å². The number of hydrogen-bond donors (Lipinski definition) is 4. The van der Waals surface area contributed by atoms with Gasteiger partial charge in [0.05, 0.1) is 23.9 Å². The lowest BCUT2D eigenvalue weighted by Crippen LogP contribution is -2.53. The zero-order valence-electron chi connectivity index (χ0n) is 28.2. The molecule has 13 heteroatoms. The number of hydrogen-bond acceptors (Lipinski definition) is 7. The van der Waals surface area contributed by atoms with Crippen molar-refractivity contribution >= 4 is 27.6 Å². The van der Waals surface area contributed by atoms with Crippen LogP contribution >= 0.6 is 0 Å². The van der Waals surface area contributed by atoms with Crippen LogP contribution in [0.2, 0.25) is 0 Å². The molecule has 0 saturated carbocycles. The van der Waals surface area contributed by atoms with Gasteiger partial charge in [0, 0.05) is 49.6 Å². The highest BCUT2D eigenvalue weighted by Crippen LogP contribution is 2.16. The van der Waals surface area contributed by atoms with Crippen molar-refractivity contribution in [2.24, 2.45) is 5.92 Å². The Hall–Kier alpha value is -3.42. The van der Waals surface area contributed by atoms with Gasteiger partial charge in [-0.15, -0.1) is 0 Å². The highest BCUT2D eigenvalue weighted by atomic mass is 32.2. The average molecular weight is 681 g/mol. The van der Waals surface area contributed by atoms with Gasteiger partial charge in [-0.2, -0.15) is 0 Å². The number of amides is 3. The second kappa shape index (κ2) is 18.8. The van der Waals surface area contributed by atoms with E-state index in [1.54, 1.807) is 24.0 Å². The lowest BCUT2D eigenvalue weighted by Gasteiger charge is -2.27. The predicted molar refractivity (Wildman–Crippen MR) is 179 cm³/mol. The second-order valence-corrected chi connectivity index (χ2v) is 14.8. The summed E-state index contributed by atoms with van der Waals surface area (Å²) in [6, 6.07) is 5.61. The van der Waals surface area contributed by atoms with Gasteiger partial charge in [0.15, 0.2) is 0 Å². The smallest absolute Gasteiger partial charge is 0.253 e. The molecule has 0 radical (unpaired) electrons. The molecule has 2 aromatic carbocycles. The van der Waals surface area contributed by atoms with Gasteiger partial charge < -0.3 is 26.0 Å². The number of aliphatic hydroxyl groups excluding tert-OH is 1. The van der Waals surface area contributed by atoms with Gasteiger partial charge in [0.25, 0.3) is 11.8 Å². The van der Waals surface area contributed by atoms with E-state index in [1.807, 2.05) is 27.7 Å². The van der Waals surface area contributed by atoms with Gasteiger partial charge in [-0.1, -0.05) is 27.7 Å². The molecule has 0 aliphatic rings. The molecular weight excluding hydrogens is 630 g/mol. The summed E-state index contributed by atoms with van der Waals surface area (Å²) in [5.74, 6) is -3.06. The Labute approximate surface area is 277 Å². The summed E-state index contributed by atoms with van der Waals surface area (Å²) >= 11 is 0. The molecule has 0 unspecified atom stereocenters. The van der Waals surface area contributed by atoms with Gasteiger partial charge in [0.2, 0.25) is 5.91 Å². The summed E-state index contributed by atoms with van der Waals surface area (Å²) in [7, 11) is -3.40. The minimum atomic E-state index is -3.40. The SMILES string of the molecule is CCCN(CCC)C(=O)c1cc(C)cc(C(=O)N[C@@H](Cc2cc(F)cc(F)c2)[C@H](O)CN[C@@H](CCS(C)(=O)=O)C(=O)NCC(C)C)c1. The van der Waals surface area contributed by atoms with E-state index in [9.17, 15) is 36.7 Å². The van der Waals surface area contributed by atoms with E-state index in [1.165, 1.54) is 6.07 Å². The lowest BCUT2D eigenvalue weighted by molar-refractivity contribution is -0.123. The van der Waals surface area contributed by atoms with Crippen LogP contribution in [-0.2, 0) is 21.1 Å². The Morgan fingerprint density at radius 2 is 1.51 bits per heavy atom. The number of carbonyl (C=O) groups is 3. The first-order valence-electron chi connectivity index (χ1n) is 16.1. The van der Waals surface area contributed by atoms with Crippen molar-refractivity contribution in [2.45, 2.75) is 78.5 Å². The number of aryl methyl sites for hydroxylation is 1. The molecule has 0 aliphatic carbocycles. The molecule has 0 saturated heterocycles. The fraction of sp³-hybridized carbons (Fsp3) is 0.559. The Morgan fingerprint density at radius 1 is 0.915 bits per heavy atom. The molecule has 2 aromatic rings. The molecule has 47 heavy (non-hydrogen) atoms. The summed E-state index contributed by atoms with van der Waals surface area (Å²) in [5.41, 5.74) is 1.34. The molecule has 2 rings (SSSR count). The molecule has 3 atom stereocenters. The molecule has 0 bridgehead atoms.